The zero-order valence-corrected chi connectivity index (χ0v) is 11.9. The first-order valence-electron chi connectivity index (χ1n) is 6.53. The number of carbonyl (C=O) groups is 1. The summed E-state index contributed by atoms with van der Waals surface area (Å²) in [4.78, 5) is 11.0. The van der Waals surface area contributed by atoms with Crippen molar-refractivity contribution >= 4 is 16.3 Å². The number of carbonyl (C=O) groups excluding carboxylic acids is 1. The van der Waals surface area contributed by atoms with Gasteiger partial charge in [-0.3, -0.25) is 0 Å². The van der Waals surface area contributed by atoms with Gasteiger partial charge in [0.1, 0.15) is 0 Å². The van der Waals surface area contributed by atoms with E-state index >= 15 is 0 Å². The van der Waals surface area contributed by atoms with Crippen molar-refractivity contribution in [1.82, 2.24) is 9.44 Å². The minimum Gasteiger partial charge on any atom is -0.449 e. The molecule has 1 fully saturated rings. The SMILES string of the molecule is CCOC(=O)NS(=O)(=O)NCC1CCCCC1CO. The van der Waals surface area contributed by atoms with Gasteiger partial charge in [-0.1, -0.05) is 12.8 Å². The molecule has 3 N–H and O–H groups in total. The van der Waals surface area contributed by atoms with Crippen LogP contribution in [0.5, 0.6) is 0 Å². The van der Waals surface area contributed by atoms with Crippen LogP contribution >= 0.6 is 0 Å². The van der Waals surface area contributed by atoms with Crippen LogP contribution in [0, 0.1) is 11.8 Å². The molecule has 1 aliphatic rings. The van der Waals surface area contributed by atoms with E-state index < -0.39 is 16.3 Å². The fourth-order valence-corrected chi connectivity index (χ4v) is 3.10. The molecule has 1 saturated carbocycles. The molecule has 0 aromatic carbocycles. The van der Waals surface area contributed by atoms with Gasteiger partial charge in [-0.25, -0.2) is 9.52 Å². The molecule has 1 rings (SSSR count). The molecule has 1 amide bonds. The predicted octanol–water partition coefficient (Wildman–Crippen LogP) is 0.366. The molecule has 0 saturated heterocycles. The van der Waals surface area contributed by atoms with Crippen LogP contribution in [0.25, 0.3) is 0 Å². The molecule has 8 heteroatoms. The lowest BCUT2D eigenvalue weighted by atomic mass is 9.80. The number of hydrogen-bond acceptors (Lipinski definition) is 5. The summed E-state index contributed by atoms with van der Waals surface area (Å²) in [6.45, 7) is 1.99. The molecule has 0 spiro atoms. The Balaban J connectivity index is 2.43. The molecule has 0 bridgehead atoms. The Morgan fingerprint density at radius 3 is 2.53 bits per heavy atom. The van der Waals surface area contributed by atoms with Crippen LogP contribution in [0.2, 0.25) is 0 Å². The first kappa shape index (κ1) is 16.2. The van der Waals surface area contributed by atoms with Gasteiger partial charge in [-0.05, 0) is 31.6 Å². The Morgan fingerprint density at radius 1 is 1.32 bits per heavy atom. The lowest BCUT2D eigenvalue weighted by Crippen LogP contribution is -2.44. The molecule has 19 heavy (non-hydrogen) atoms. The average molecular weight is 294 g/mol. The topological polar surface area (TPSA) is 105 Å². The van der Waals surface area contributed by atoms with Crippen LogP contribution in [0.15, 0.2) is 0 Å². The van der Waals surface area contributed by atoms with E-state index in [0.717, 1.165) is 25.7 Å². The number of amides is 1. The van der Waals surface area contributed by atoms with Crippen molar-refractivity contribution < 1.29 is 23.1 Å². The number of ether oxygens (including phenoxy) is 1. The van der Waals surface area contributed by atoms with E-state index in [2.05, 4.69) is 9.46 Å². The number of hydrogen-bond donors (Lipinski definition) is 3. The van der Waals surface area contributed by atoms with E-state index in [1.165, 1.54) is 0 Å². The Labute approximate surface area is 113 Å². The maximum Gasteiger partial charge on any atom is 0.421 e. The molecule has 2 unspecified atom stereocenters. The van der Waals surface area contributed by atoms with E-state index in [1.54, 1.807) is 11.6 Å². The van der Waals surface area contributed by atoms with E-state index in [1.807, 2.05) is 0 Å². The standard InChI is InChI=1S/C11H22N2O5S/c1-2-18-11(15)13-19(16,17)12-7-9-5-3-4-6-10(9)8-14/h9-10,12,14H,2-8H2,1H3,(H,13,15). The monoisotopic (exact) mass is 294 g/mol. The van der Waals surface area contributed by atoms with Gasteiger partial charge in [0.2, 0.25) is 0 Å². The summed E-state index contributed by atoms with van der Waals surface area (Å²) >= 11 is 0. The van der Waals surface area contributed by atoms with Gasteiger partial charge in [0.15, 0.2) is 0 Å². The molecule has 112 valence electrons. The molecule has 0 aliphatic heterocycles. The first-order chi connectivity index (χ1) is 8.98. The van der Waals surface area contributed by atoms with Crippen LogP contribution < -0.4 is 9.44 Å². The summed E-state index contributed by atoms with van der Waals surface area (Å²) in [7, 11) is -3.89. The summed E-state index contributed by atoms with van der Waals surface area (Å²) in [5.41, 5.74) is 0. The van der Waals surface area contributed by atoms with Crippen molar-refractivity contribution in [2.75, 3.05) is 19.8 Å². The molecule has 1 aliphatic carbocycles. The number of aliphatic hydroxyl groups is 1. The normalized spacial score (nSPS) is 23.9. The second kappa shape index (κ2) is 7.66. The van der Waals surface area contributed by atoms with Gasteiger partial charge in [-0.2, -0.15) is 13.1 Å². The van der Waals surface area contributed by atoms with Gasteiger partial charge >= 0.3 is 16.3 Å². The zero-order valence-electron chi connectivity index (χ0n) is 11.1. The van der Waals surface area contributed by atoms with Crippen molar-refractivity contribution in [2.45, 2.75) is 32.6 Å². The summed E-state index contributed by atoms with van der Waals surface area (Å²) in [6.07, 6.45) is 2.91. The van der Waals surface area contributed by atoms with Gasteiger partial charge in [0, 0.05) is 13.2 Å². The highest BCUT2D eigenvalue weighted by molar-refractivity contribution is 7.88. The van der Waals surface area contributed by atoms with Gasteiger partial charge in [0.25, 0.3) is 0 Å². The van der Waals surface area contributed by atoms with E-state index in [9.17, 15) is 18.3 Å². The molecule has 2 atom stereocenters. The van der Waals surface area contributed by atoms with Crippen molar-refractivity contribution in [3.05, 3.63) is 0 Å². The fraction of sp³-hybridized carbons (Fsp3) is 0.909. The van der Waals surface area contributed by atoms with Crippen LogP contribution in [-0.4, -0.2) is 39.4 Å². The maximum atomic E-state index is 11.6. The fourth-order valence-electron chi connectivity index (χ4n) is 2.32. The van der Waals surface area contributed by atoms with Crippen LogP contribution in [-0.2, 0) is 14.9 Å². The lowest BCUT2D eigenvalue weighted by molar-refractivity contribution is 0.136. The zero-order chi connectivity index (χ0) is 14.3. The third-order valence-electron chi connectivity index (χ3n) is 3.33. The highest BCUT2D eigenvalue weighted by atomic mass is 32.2. The van der Waals surface area contributed by atoms with Gasteiger partial charge < -0.3 is 9.84 Å². The Kier molecular flexibility index (Phi) is 6.53. The van der Waals surface area contributed by atoms with Crippen molar-refractivity contribution in [3.63, 3.8) is 0 Å². The summed E-state index contributed by atoms with van der Waals surface area (Å²) < 4.78 is 31.7. The van der Waals surface area contributed by atoms with Crippen LogP contribution in [0.1, 0.15) is 32.6 Å². The summed E-state index contributed by atoms with van der Waals surface area (Å²) in [6, 6.07) is 0. The Morgan fingerprint density at radius 2 is 1.95 bits per heavy atom. The second-order valence-electron chi connectivity index (χ2n) is 4.66. The molecule has 0 heterocycles. The quantitative estimate of drug-likeness (QED) is 0.656. The Hall–Kier alpha value is -0.860. The molecule has 0 aromatic rings. The summed E-state index contributed by atoms with van der Waals surface area (Å²) in [5.74, 6) is 0.233. The maximum absolute atomic E-state index is 11.6. The first-order valence-corrected chi connectivity index (χ1v) is 8.01. The second-order valence-corrected chi connectivity index (χ2v) is 6.16. The molecule has 0 aromatic heterocycles. The highest BCUT2D eigenvalue weighted by Gasteiger charge is 2.26. The van der Waals surface area contributed by atoms with E-state index in [0.29, 0.717) is 0 Å². The van der Waals surface area contributed by atoms with E-state index in [4.69, 9.17) is 0 Å². The third kappa shape index (κ3) is 5.75. The highest BCUT2D eigenvalue weighted by Crippen LogP contribution is 2.29. The molecule has 0 radical (unpaired) electrons. The van der Waals surface area contributed by atoms with Crippen LogP contribution in [0.4, 0.5) is 4.79 Å². The minimum absolute atomic E-state index is 0.0672. The molecule has 7 nitrogen and oxygen atoms in total. The average Bonchev–Trinajstić information content (AvgIpc) is 2.36. The minimum atomic E-state index is -3.89. The smallest absolute Gasteiger partial charge is 0.421 e. The lowest BCUT2D eigenvalue weighted by Gasteiger charge is -2.30. The Bertz CT molecular complexity index is 385. The predicted molar refractivity (Wildman–Crippen MR) is 69.6 cm³/mol. The van der Waals surface area contributed by atoms with Crippen molar-refractivity contribution in [2.24, 2.45) is 11.8 Å². The largest absolute Gasteiger partial charge is 0.449 e. The number of nitrogens with one attached hydrogen (secondary N) is 2. The van der Waals surface area contributed by atoms with Gasteiger partial charge in [0.05, 0.1) is 6.61 Å². The third-order valence-corrected chi connectivity index (χ3v) is 4.31. The summed E-state index contributed by atoms with van der Waals surface area (Å²) in [5, 5.41) is 9.24. The van der Waals surface area contributed by atoms with Gasteiger partial charge in [-0.15, -0.1) is 0 Å². The van der Waals surface area contributed by atoms with E-state index in [-0.39, 0.29) is 31.6 Å². The molecular weight excluding hydrogens is 272 g/mol. The van der Waals surface area contributed by atoms with Crippen molar-refractivity contribution in [3.8, 4) is 0 Å². The molecular formula is C11H22N2O5S. The number of aliphatic hydroxyl groups excluding tert-OH is 1. The van der Waals surface area contributed by atoms with Crippen molar-refractivity contribution in [1.29, 1.82) is 0 Å². The van der Waals surface area contributed by atoms with Crippen LogP contribution in [0.3, 0.4) is 0 Å². The number of rotatable bonds is 6.